The lowest BCUT2D eigenvalue weighted by Crippen LogP contribution is -2.22. The first kappa shape index (κ1) is 14.4. The highest BCUT2D eigenvalue weighted by Gasteiger charge is 2.18. The summed E-state index contributed by atoms with van der Waals surface area (Å²) in [5.41, 5.74) is 0.761. The number of pyridine rings is 1. The summed E-state index contributed by atoms with van der Waals surface area (Å²) in [4.78, 5) is 4.01. The van der Waals surface area contributed by atoms with E-state index >= 15 is 0 Å². The van der Waals surface area contributed by atoms with Gasteiger partial charge in [0.05, 0.1) is 7.11 Å². The molecule has 0 fully saturated rings. The van der Waals surface area contributed by atoms with Crippen LogP contribution < -0.4 is 9.46 Å². The summed E-state index contributed by atoms with van der Waals surface area (Å²) in [7, 11) is -1.97. The fourth-order valence-electron chi connectivity index (χ4n) is 1.35. The number of nitrogens with one attached hydrogen (secondary N) is 1. The van der Waals surface area contributed by atoms with Crippen LogP contribution in [0.4, 0.5) is 0 Å². The smallest absolute Gasteiger partial charge is 0.251 e. The lowest BCUT2D eigenvalue weighted by molar-refractivity contribution is 0.397. The Labute approximate surface area is 123 Å². The number of hydrogen-bond donors (Lipinski definition) is 1. The number of sulfonamides is 1. The molecule has 5 nitrogen and oxygen atoms in total. The first-order valence-corrected chi connectivity index (χ1v) is 8.40. The third kappa shape index (κ3) is 3.53. The normalized spacial score (nSPS) is 11.5. The van der Waals surface area contributed by atoms with E-state index in [2.05, 4.69) is 25.6 Å². The number of thiophene rings is 1. The second-order valence-corrected chi connectivity index (χ2v) is 7.32. The van der Waals surface area contributed by atoms with Gasteiger partial charge in [0.2, 0.25) is 5.88 Å². The van der Waals surface area contributed by atoms with Crippen molar-refractivity contribution in [2.45, 2.75) is 10.8 Å². The SMILES string of the molecule is COc1ccc(CNS(=O)(=O)c2sccc2Br)cn1. The number of aromatic nitrogens is 1. The summed E-state index contributed by atoms with van der Waals surface area (Å²) in [6.07, 6.45) is 1.57. The molecule has 0 spiro atoms. The molecule has 2 aromatic rings. The van der Waals surface area contributed by atoms with Gasteiger partial charge in [-0.15, -0.1) is 11.3 Å². The van der Waals surface area contributed by atoms with E-state index in [1.54, 1.807) is 29.8 Å². The van der Waals surface area contributed by atoms with Crippen molar-refractivity contribution in [1.29, 1.82) is 0 Å². The standard InChI is InChI=1S/C11H11BrN2O3S2/c1-17-10-3-2-8(6-13-10)7-14-19(15,16)11-9(12)4-5-18-11/h2-6,14H,7H2,1H3. The maximum atomic E-state index is 12.0. The molecule has 0 aliphatic rings. The van der Waals surface area contributed by atoms with Gasteiger partial charge in [-0.25, -0.2) is 18.1 Å². The first-order valence-electron chi connectivity index (χ1n) is 5.24. The number of halogens is 1. The molecule has 0 unspecified atom stereocenters. The Hall–Kier alpha value is -0.960. The Bertz CT molecular complexity index is 653. The molecule has 102 valence electrons. The molecule has 1 N–H and O–H groups in total. The molecule has 0 bridgehead atoms. The molecule has 0 atom stereocenters. The molecule has 2 rings (SSSR count). The molecule has 8 heteroatoms. The van der Waals surface area contributed by atoms with Gasteiger partial charge in [-0.2, -0.15) is 0 Å². The Balaban J connectivity index is 2.07. The van der Waals surface area contributed by atoms with Gasteiger partial charge in [0, 0.05) is 23.3 Å². The number of rotatable bonds is 5. The summed E-state index contributed by atoms with van der Waals surface area (Å²) < 4.78 is 32.4. The van der Waals surface area contributed by atoms with Gasteiger partial charge in [-0.3, -0.25) is 0 Å². The highest BCUT2D eigenvalue weighted by Crippen LogP contribution is 2.27. The molecule has 2 aromatic heterocycles. The van der Waals surface area contributed by atoms with E-state index in [0.717, 1.165) is 16.9 Å². The maximum Gasteiger partial charge on any atom is 0.251 e. The lowest BCUT2D eigenvalue weighted by atomic mass is 10.3. The Morgan fingerprint density at radius 3 is 2.74 bits per heavy atom. The van der Waals surface area contributed by atoms with Gasteiger partial charge >= 0.3 is 0 Å². The van der Waals surface area contributed by atoms with E-state index < -0.39 is 10.0 Å². The number of methoxy groups -OCH3 is 1. The van der Waals surface area contributed by atoms with Crippen LogP contribution in [-0.2, 0) is 16.6 Å². The third-order valence-corrected chi connectivity index (χ3v) is 6.37. The Kier molecular flexibility index (Phi) is 4.56. The summed E-state index contributed by atoms with van der Waals surface area (Å²) >= 11 is 4.37. The predicted octanol–water partition coefficient (Wildman–Crippen LogP) is 2.39. The van der Waals surface area contributed by atoms with Crippen LogP contribution >= 0.6 is 27.3 Å². The molecule has 19 heavy (non-hydrogen) atoms. The number of ether oxygens (including phenoxy) is 1. The van der Waals surface area contributed by atoms with Crippen LogP contribution in [-0.4, -0.2) is 20.5 Å². The van der Waals surface area contributed by atoms with E-state index in [4.69, 9.17) is 4.74 Å². The minimum atomic E-state index is -3.50. The molecular formula is C11H11BrN2O3S2. The molecule has 0 aliphatic carbocycles. The Morgan fingerprint density at radius 2 is 2.21 bits per heavy atom. The fourth-order valence-corrected chi connectivity index (χ4v) is 4.75. The van der Waals surface area contributed by atoms with E-state index in [-0.39, 0.29) is 10.8 Å². The summed E-state index contributed by atoms with van der Waals surface area (Å²) in [6, 6.07) is 5.15. The second-order valence-electron chi connectivity index (χ2n) is 3.59. The van der Waals surface area contributed by atoms with Gasteiger partial charge in [-0.1, -0.05) is 6.07 Å². The topological polar surface area (TPSA) is 68.3 Å². The van der Waals surface area contributed by atoms with Crippen molar-refractivity contribution in [1.82, 2.24) is 9.71 Å². The molecule has 0 aliphatic heterocycles. The van der Waals surface area contributed by atoms with E-state index in [9.17, 15) is 8.42 Å². The van der Waals surface area contributed by atoms with Crippen molar-refractivity contribution in [3.05, 3.63) is 39.8 Å². The quantitative estimate of drug-likeness (QED) is 0.886. The second kappa shape index (κ2) is 6.00. The van der Waals surface area contributed by atoms with E-state index in [1.807, 2.05) is 0 Å². The van der Waals surface area contributed by atoms with Crippen LogP contribution in [0.2, 0.25) is 0 Å². The van der Waals surface area contributed by atoms with Gasteiger partial charge < -0.3 is 4.74 Å². The highest BCUT2D eigenvalue weighted by molar-refractivity contribution is 9.10. The highest BCUT2D eigenvalue weighted by atomic mass is 79.9. The zero-order valence-electron chi connectivity index (χ0n) is 9.96. The average Bonchev–Trinajstić information content (AvgIpc) is 2.84. The van der Waals surface area contributed by atoms with Crippen LogP contribution in [0.1, 0.15) is 5.56 Å². The monoisotopic (exact) mass is 362 g/mol. The Morgan fingerprint density at radius 1 is 1.42 bits per heavy atom. The van der Waals surface area contributed by atoms with Crippen LogP contribution in [0, 0.1) is 0 Å². The number of nitrogens with zero attached hydrogens (tertiary/aromatic N) is 1. The summed E-state index contributed by atoms with van der Waals surface area (Å²) in [5, 5.41) is 1.72. The largest absolute Gasteiger partial charge is 0.481 e. The lowest BCUT2D eigenvalue weighted by Gasteiger charge is -2.06. The van der Waals surface area contributed by atoms with Crippen LogP contribution in [0.25, 0.3) is 0 Å². The van der Waals surface area contributed by atoms with Crippen molar-refractivity contribution < 1.29 is 13.2 Å². The first-order chi connectivity index (χ1) is 9.03. The predicted molar refractivity (Wildman–Crippen MR) is 76.8 cm³/mol. The fraction of sp³-hybridized carbons (Fsp3) is 0.182. The molecule has 2 heterocycles. The molecule has 0 saturated heterocycles. The van der Waals surface area contributed by atoms with Gasteiger partial charge in [-0.05, 0) is 32.9 Å². The molecule has 0 saturated carbocycles. The number of hydrogen-bond acceptors (Lipinski definition) is 5. The molecule has 0 radical (unpaired) electrons. The maximum absolute atomic E-state index is 12.0. The van der Waals surface area contributed by atoms with Crippen LogP contribution in [0.5, 0.6) is 5.88 Å². The van der Waals surface area contributed by atoms with Gasteiger partial charge in [0.25, 0.3) is 10.0 Å². The van der Waals surface area contributed by atoms with Gasteiger partial charge in [0.1, 0.15) is 4.21 Å². The van der Waals surface area contributed by atoms with Crippen molar-refractivity contribution in [2.24, 2.45) is 0 Å². The van der Waals surface area contributed by atoms with Crippen LogP contribution in [0.15, 0.2) is 38.5 Å². The molecule has 0 aromatic carbocycles. The van der Waals surface area contributed by atoms with E-state index in [1.165, 1.54) is 7.11 Å². The summed E-state index contributed by atoms with van der Waals surface area (Å²) in [6.45, 7) is 0.184. The average molecular weight is 363 g/mol. The van der Waals surface area contributed by atoms with Crippen molar-refractivity contribution in [3.63, 3.8) is 0 Å². The van der Waals surface area contributed by atoms with Crippen molar-refractivity contribution in [2.75, 3.05) is 7.11 Å². The zero-order valence-corrected chi connectivity index (χ0v) is 13.2. The van der Waals surface area contributed by atoms with Crippen molar-refractivity contribution in [3.8, 4) is 5.88 Å². The molecular weight excluding hydrogens is 352 g/mol. The third-order valence-electron chi connectivity index (χ3n) is 2.30. The van der Waals surface area contributed by atoms with Crippen LogP contribution in [0.3, 0.4) is 0 Å². The molecule has 0 amide bonds. The minimum Gasteiger partial charge on any atom is -0.481 e. The van der Waals surface area contributed by atoms with Crippen molar-refractivity contribution >= 4 is 37.3 Å². The summed E-state index contributed by atoms with van der Waals surface area (Å²) in [5.74, 6) is 0.493. The van der Waals surface area contributed by atoms with E-state index in [0.29, 0.717) is 10.4 Å². The van der Waals surface area contributed by atoms with Gasteiger partial charge in [0.15, 0.2) is 0 Å². The minimum absolute atomic E-state index is 0.184. The zero-order chi connectivity index (χ0) is 13.9.